The van der Waals surface area contributed by atoms with Crippen LogP contribution >= 0.6 is 11.8 Å². The molecule has 0 atom stereocenters. The lowest BCUT2D eigenvalue weighted by atomic mass is 10.1. The number of rotatable bonds is 6. The molecular weight excluding hydrogens is 372 g/mol. The van der Waals surface area contributed by atoms with Crippen molar-refractivity contribution in [3.63, 3.8) is 0 Å². The summed E-state index contributed by atoms with van der Waals surface area (Å²) in [4.78, 5) is 30.2. The fourth-order valence-corrected chi connectivity index (χ4v) is 3.99. The number of anilines is 2. The van der Waals surface area contributed by atoms with E-state index in [1.807, 2.05) is 57.1 Å². The average Bonchev–Trinajstić information content (AvgIpc) is 2.91. The fourth-order valence-electron chi connectivity index (χ4n) is 3.00. The molecule has 2 amide bonds. The smallest absolute Gasteiger partial charge is 0.272 e. The van der Waals surface area contributed by atoms with Crippen molar-refractivity contribution >= 4 is 40.5 Å². The summed E-state index contributed by atoms with van der Waals surface area (Å²) in [7, 11) is 5.49. The van der Waals surface area contributed by atoms with Crippen molar-refractivity contribution in [2.75, 3.05) is 31.0 Å². The van der Waals surface area contributed by atoms with E-state index in [9.17, 15) is 9.59 Å². The zero-order valence-electron chi connectivity index (χ0n) is 16.7. The van der Waals surface area contributed by atoms with E-state index in [0.29, 0.717) is 21.9 Å². The average molecular weight is 397 g/mol. The van der Waals surface area contributed by atoms with Gasteiger partial charge >= 0.3 is 0 Å². The predicted octanol–water partition coefficient (Wildman–Crippen LogP) is 4.19. The molecule has 1 heterocycles. The third-order valence-corrected chi connectivity index (χ3v) is 5.48. The van der Waals surface area contributed by atoms with Crippen molar-refractivity contribution in [2.24, 2.45) is 0 Å². The van der Waals surface area contributed by atoms with Gasteiger partial charge in [0, 0.05) is 25.0 Å². The van der Waals surface area contributed by atoms with Crippen molar-refractivity contribution in [1.29, 1.82) is 0 Å². The molecule has 0 unspecified atom stereocenters. The summed E-state index contributed by atoms with van der Waals surface area (Å²) >= 11 is 1.42. The van der Waals surface area contributed by atoms with Crippen molar-refractivity contribution < 1.29 is 14.3 Å². The molecule has 0 N–H and O–H groups in total. The summed E-state index contributed by atoms with van der Waals surface area (Å²) in [6, 6.07) is 14.6. The highest BCUT2D eigenvalue weighted by molar-refractivity contribution is 8.04. The third-order valence-electron chi connectivity index (χ3n) is 4.40. The number of nitrogens with zero attached hydrogens (tertiary/aromatic N) is 2. The maximum Gasteiger partial charge on any atom is 0.272 e. The molecule has 6 heteroatoms. The molecule has 0 saturated heterocycles. The fraction of sp³-hybridized carbons (Fsp3) is 0.273. The van der Waals surface area contributed by atoms with E-state index in [4.69, 9.17) is 4.74 Å². The molecule has 2 aromatic carbocycles. The van der Waals surface area contributed by atoms with Crippen LogP contribution in [0.15, 0.2) is 53.4 Å². The van der Waals surface area contributed by atoms with E-state index in [-0.39, 0.29) is 17.1 Å². The van der Waals surface area contributed by atoms with E-state index in [1.165, 1.54) is 16.7 Å². The Bertz CT molecular complexity index is 916. The summed E-state index contributed by atoms with van der Waals surface area (Å²) in [5, 5.41) is 0.177. The first kappa shape index (κ1) is 20.0. The first-order chi connectivity index (χ1) is 13.3. The standard InChI is InChI=1S/C22H24N2O3S/c1-14(2)28-20-19(15-6-12-18(27-5)13-7-15)21(25)24(22(20)26)17-10-8-16(9-11-17)23(3)4/h6-14H,1-5H3. The number of benzene rings is 2. The van der Waals surface area contributed by atoms with Gasteiger partial charge in [-0.05, 0) is 42.0 Å². The molecule has 0 bridgehead atoms. The maximum atomic E-state index is 13.3. The van der Waals surface area contributed by atoms with Crippen LogP contribution in [0, 0.1) is 0 Å². The number of imide groups is 1. The molecule has 146 valence electrons. The minimum absolute atomic E-state index is 0.177. The Balaban J connectivity index is 2.03. The SMILES string of the molecule is COc1ccc(C2=C(SC(C)C)C(=O)N(c3ccc(N(C)C)cc3)C2=O)cc1. The Morgan fingerprint density at radius 3 is 2.04 bits per heavy atom. The van der Waals surface area contributed by atoms with Gasteiger partial charge in [0.15, 0.2) is 0 Å². The van der Waals surface area contributed by atoms with Crippen LogP contribution in [0.25, 0.3) is 5.57 Å². The lowest BCUT2D eigenvalue weighted by Crippen LogP contribution is -2.31. The molecule has 0 spiro atoms. The molecule has 3 rings (SSSR count). The molecule has 0 radical (unpaired) electrons. The van der Waals surface area contributed by atoms with Gasteiger partial charge in [-0.15, -0.1) is 11.8 Å². The Morgan fingerprint density at radius 2 is 1.54 bits per heavy atom. The molecule has 0 fully saturated rings. The van der Waals surface area contributed by atoms with Crippen molar-refractivity contribution in [3.05, 3.63) is 59.0 Å². The molecule has 1 aliphatic heterocycles. The van der Waals surface area contributed by atoms with Crippen molar-refractivity contribution in [1.82, 2.24) is 0 Å². The van der Waals surface area contributed by atoms with Gasteiger partial charge in [-0.1, -0.05) is 26.0 Å². The minimum atomic E-state index is -0.295. The largest absolute Gasteiger partial charge is 0.497 e. The number of methoxy groups -OCH3 is 1. The van der Waals surface area contributed by atoms with Gasteiger partial charge in [0.1, 0.15) is 5.75 Å². The molecule has 5 nitrogen and oxygen atoms in total. The summed E-state index contributed by atoms with van der Waals surface area (Å²) in [5.41, 5.74) is 2.74. The van der Waals surface area contributed by atoms with E-state index in [1.54, 1.807) is 31.4 Å². The Morgan fingerprint density at radius 1 is 0.929 bits per heavy atom. The lowest BCUT2D eigenvalue weighted by Gasteiger charge is -2.18. The van der Waals surface area contributed by atoms with Crippen LogP contribution in [0.5, 0.6) is 5.75 Å². The van der Waals surface area contributed by atoms with Crippen molar-refractivity contribution in [3.8, 4) is 5.75 Å². The van der Waals surface area contributed by atoms with E-state index < -0.39 is 0 Å². The molecular formula is C22H24N2O3S. The number of hydrogen-bond acceptors (Lipinski definition) is 5. The van der Waals surface area contributed by atoms with Gasteiger partial charge in [-0.3, -0.25) is 9.59 Å². The van der Waals surface area contributed by atoms with E-state index in [0.717, 1.165) is 11.3 Å². The van der Waals surface area contributed by atoms with E-state index >= 15 is 0 Å². The van der Waals surface area contributed by atoms with Crippen LogP contribution in [-0.2, 0) is 9.59 Å². The normalized spacial score (nSPS) is 14.3. The Hall–Kier alpha value is -2.73. The number of thioether (sulfide) groups is 1. The lowest BCUT2D eigenvalue weighted by molar-refractivity contribution is -0.119. The third kappa shape index (κ3) is 3.78. The second-order valence-corrected chi connectivity index (χ2v) is 8.54. The van der Waals surface area contributed by atoms with Gasteiger partial charge in [0.25, 0.3) is 11.8 Å². The number of carbonyl (C=O) groups excluding carboxylic acids is 2. The minimum Gasteiger partial charge on any atom is -0.497 e. The zero-order chi connectivity index (χ0) is 20.4. The monoisotopic (exact) mass is 396 g/mol. The summed E-state index contributed by atoms with van der Waals surface area (Å²) in [6.07, 6.45) is 0. The molecule has 28 heavy (non-hydrogen) atoms. The Kier molecular flexibility index (Phi) is 5.79. The van der Waals surface area contributed by atoms with Gasteiger partial charge < -0.3 is 9.64 Å². The molecule has 0 saturated carbocycles. The molecule has 1 aliphatic rings. The van der Waals surface area contributed by atoms with Crippen molar-refractivity contribution in [2.45, 2.75) is 19.1 Å². The van der Waals surface area contributed by atoms with Gasteiger partial charge in [-0.25, -0.2) is 4.90 Å². The highest BCUT2D eigenvalue weighted by Crippen LogP contribution is 2.40. The molecule has 2 aromatic rings. The highest BCUT2D eigenvalue weighted by Gasteiger charge is 2.40. The second-order valence-electron chi connectivity index (χ2n) is 6.96. The van der Waals surface area contributed by atoms with Crippen LogP contribution < -0.4 is 14.5 Å². The quantitative estimate of drug-likeness (QED) is 0.686. The second kappa shape index (κ2) is 8.10. The molecule has 0 aliphatic carbocycles. The topological polar surface area (TPSA) is 49.9 Å². The van der Waals surface area contributed by atoms with E-state index in [2.05, 4.69) is 0 Å². The Labute approximate surface area is 170 Å². The van der Waals surface area contributed by atoms with Gasteiger partial charge in [-0.2, -0.15) is 0 Å². The van der Waals surface area contributed by atoms with Crippen LogP contribution in [0.3, 0.4) is 0 Å². The maximum absolute atomic E-state index is 13.3. The highest BCUT2D eigenvalue weighted by atomic mass is 32.2. The summed E-state index contributed by atoms with van der Waals surface area (Å²) in [5.74, 6) is 0.137. The first-order valence-electron chi connectivity index (χ1n) is 9.05. The first-order valence-corrected chi connectivity index (χ1v) is 9.93. The van der Waals surface area contributed by atoms with Gasteiger partial charge in [0.05, 0.1) is 23.3 Å². The van der Waals surface area contributed by atoms with Gasteiger partial charge in [0.2, 0.25) is 0 Å². The number of ether oxygens (including phenoxy) is 1. The summed E-state index contributed by atoms with van der Waals surface area (Å²) < 4.78 is 5.20. The van der Waals surface area contributed by atoms with Crippen LogP contribution in [0.4, 0.5) is 11.4 Å². The molecule has 0 aromatic heterocycles. The predicted molar refractivity (Wildman–Crippen MR) is 116 cm³/mol. The number of hydrogen-bond donors (Lipinski definition) is 0. The number of amides is 2. The summed E-state index contributed by atoms with van der Waals surface area (Å²) in [6.45, 7) is 4.02. The van der Waals surface area contributed by atoms with Crippen LogP contribution in [-0.4, -0.2) is 38.3 Å². The zero-order valence-corrected chi connectivity index (χ0v) is 17.5. The van der Waals surface area contributed by atoms with Crippen LogP contribution in [0.2, 0.25) is 0 Å². The number of carbonyl (C=O) groups is 2. The van der Waals surface area contributed by atoms with Crippen LogP contribution in [0.1, 0.15) is 19.4 Å².